The molecule has 0 bridgehead atoms. The Balaban J connectivity index is 2.35. The van der Waals surface area contributed by atoms with Gasteiger partial charge in [0.1, 0.15) is 0 Å². The van der Waals surface area contributed by atoms with E-state index >= 15 is 0 Å². The quantitative estimate of drug-likeness (QED) is 0.846. The van der Waals surface area contributed by atoms with Gasteiger partial charge in [0.05, 0.1) is 5.75 Å². The molecule has 0 atom stereocenters. The zero-order valence-corrected chi connectivity index (χ0v) is 11.4. The molecular weight excluding hydrogens is 232 g/mol. The summed E-state index contributed by atoms with van der Waals surface area (Å²) in [5.41, 5.74) is 7.60. The van der Waals surface area contributed by atoms with Crippen LogP contribution in [0.25, 0.3) is 0 Å². The third-order valence-electron chi connectivity index (χ3n) is 2.01. The highest BCUT2D eigenvalue weighted by Gasteiger charge is 2.11. The van der Waals surface area contributed by atoms with Crippen LogP contribution < -0.4 is 11.1 Å². The molecule has 0 saturated carbocycles. The molecule has 0 heterocycles. The third-order valence-corrected chi connectivity index (χ3v) is 3.42. The van der Waals surface area contributed by atoms with Crippen molar-refractivity contribution < 1.29 is 4.79 Å². The zero-order valence-electron chi connectivity index (χ0n) is 10.6. The summed E-state index contributed by atoms with van der Waals surface area (Å²) in [6, 6.07) is 7.78. The highest BCUT2D eigenvalue weighted by molar-refractivity contribution is 8.00. The van der Waals surface area contributed by atoms with Crippen LogP contribution in [-0.2, 0) is 4.79 Å². The van der Waals surface area contributed by atoms with E-state index in [1.54, 1.807) is 11.8 Å². The summed E-state index contributed by atoms with van der Waals surface area (Å²) in [5, 5.41) is 2.87. The fraction of sp³-hybridized carbons (Fsp3) is 0.462. The zero-order chi connectivity index (χ0) is 12.9. The molecule has 3 N–H and O–H groups in total. The number of carbonyl (C=O) groups is 1. The summed E-state index contributed by atoms with van der Waals surface area (Å²) < 4.78 is 0. The van der Waals surface area contributed by atoms with E-state index in [0.717, 1.165) is 17.0 Å². The maximum Gasteiger partial charge on any atom is 0.234 e. The van der Waals surface area contributed by atoms with Gasteiger partial charge in [-0.05, 0) is 38.5 Å². The van der Waals surface area contributed by atoms with Crippen molar-refractivity contribution in [3.8, 4) is 0 Å². The number of aryl methyl sites for hydroxylation is 1. The van der Waals surface area contributed by atoms with E-state index in [9.17, 15) is 4.79 Å². The van der Waals surface area contributed by atoms with Crippen LogP contribution >= 0.6 is 11.8 Å². The number of carbonyl (C=O) groups excluding carboxylic acids is 1. The Kier molecular flexibility index (Phi) is 5.02. The SMILES string of the molecule is Cc1cccc(NC(=O)CSCC(C)(C)N)c1. The van der Waals surface area contributed by atoms with Gasteiger partial charge in [-0.3, -0.25) is 4.79 Å². The average molecular weight is 252 g/mol. The lowest BCUT2D eigenvalue weighted by atomic mass is 10.1. The fourth-order valence-electron chi connectivity index (χ4n) is 1.33. The van der Waals surface area contributed by atoms with E-state index in [1.165, 1.54) is 0 Å². The lowest BCUT2D eigenvalue weighted by Crippen LogP contribution is -2.35. The van der Waals surface area contributed by atoms with E-state index in [4.69, 9.17) is 5.73 Å². The summed E-state index contributed by atoms with van der Waals surface area (Å²) in [6.07, 6.45) is 0. The number of hydrogen-bond acceptors (Lipinski definition) is 3. The molecule has 0 aliphatic carbocycles. The lowest BCUT2D eigenvalue weighted by molar-refractivity contribution is -0.113. The topological polar surface area (TPSA) is 55.1 Å². The normalized spacial score (nSPS) is 11.3. The standard InChI is InChI=1S/C13H20N2OS/c1-10-5-4-6-11(7-10)15-12(16)8-17-9-13(2,3)14/h4-7H,8-9,14H2,1-3H3,(H,15,16). The van der Waals surface area contributed by atoms with Gasteiger partial charge in [0, 0.05) is 17.0 Å². The molecule has 0 saturated heterocycles. The molecule has 0 spiro atoms. The molecular formula is C13H20N2OS. The van der Waals surface area contributed by atoms with Crippen LogP contribution in [0.2, 0.25) is 0 Å². The van der Waals surface area contributed by atoms with Crippen LogP contribution in [0.15, 0.2) is 24.3 Å². The minimum atomic E-state index is -0.228. The van der Waals surface area contributed by atoms with Gasteiger partial charge >= 0.3 is 0 Å². The molecule has 1 aromatic rings. The van der Waals surface area contributed by atoms with Crippen LogP contribution in [0.5, 0.6) is 0 Å². The van der Waals surface area contributed by atoms with E-state index in [2.05, 4.69) is 5.32 Å². The van der Waals surface area contributed by atoms with E-state index < -0.39 is 0 Å². The Hall–Kier alpha value is -1.00. The van der Waals surface area contributed by atoms with Crippen molar-refractivity contribution in [1.82, 2.24) is 0 Å². The monoisotopic (exact) mass is 252 g/mol. The van der Waals surface area contributed by atoms with Crippen LogP contribution in [0, 0.1) is 6.92 Å². The van der Waals surface area contributed by atoms with E-state index in [-0.39, 0.29) is 11.4 Å². The maximum atomic E-state index is 11.6. The van der Waals surface area contributed by atoms with Crippen molar-refractivity contribution in [2.45, 2.75) is 26.3 Å². The number of nitrogens with one attached hydrogen (secondary N) is 1. The minimum Gasteiger partial charge on any atom is -0.325 e. The van der Waals surface area contributed by atoms with Crippen LogP contribution in [0.4, 0.5) is 5.69 Å². The summed E-state index contributed by atoms with van der Waals surface area (Å²) in [5.74, 6) is 1.23. The fourth-order valence-corrected chi connectivity index (χ4v) is 2.21. The van der Waals surface area contributed by atoms with Gasteiger partial charge in [-0.1, -0.05) is 12.1 Å². The van der Waals surface area contributed by atoms with E-state index in [0.29, 0.717) is 5.75 Å². The molecule has 3 nitrogen and oxygen atoms in total. The number of amides is 1. The Morgan fingerprint density at radius 3 is 2.76 bits per heavy atom. The molecule has 4 heteroatoms. The van der Waals surface area contributed by atoms with Gasteiger partial charge in [-0.15, -0.1) is 0 Å². The Labute approximate surface area is 107 Å². The first-order valence-corrected chi connectivity index (χ1v) is 6.75. The van der Waals surface area contributed by atoms with Crippen LogP contribution in [0.1, 0.15) is 19.4 Å². The predicted molar refractivity (Wildman–Crippen MR) is 75.4 cm³/mol. The summed E-state index contributed by atoms with van der Waals surface area (Å²) in [4.78, 5) is 11.6. The van der Waals surface area contributed by atoms with Crippen molar-refractivity contribution in [3.63, 3.8) is 0 Å². The molecule has 0 aliphatic heterocycles. The van der Waals surface area contributed by atoms with Crippen molar-refractivity contribution in [3.05, 3.63) is 29.8 Å². The first-order chi connectivity index (χ1) is 7.87. The molecule has 94 valence electrons. The first-order valence-electron chi connectivity index (χ1n) is 5.60. The van der Waals surface area contributed by atoms with Gasteiger partial charge in [-0.2, -0.15) is 11.8 Å². The number of benzene rings is 1. The van der Waals surface area contributed by atoms with Gasteiger partial charge in [0.2, 0.25) is 5.91 Å². The largest absolute Gasteiger partial charge is 0.325 e. The van der Waals surface area contributed by atoms with Crippen molar-refractivity contribution in [2.24, 2.45) is 5.73 Å². The van der Waals surface area contributed by atoms with Crippen molar-refractivity contribution in [1.29, 1.82) is 0 Å². The molecule has 0 aromatic heterocycles. The summed E-state index contributed by atoms with van der Waals surface area (Å²) >= 11 is 1.55. The number of rotatable bonds is 5. The molecule has 0 radical (unpaired) electrons. The Morgan fingerprint density at radius 2 is 2.18 bits per heavy atom. The highest BCUT2D eigenvalue weighted by Crippen LogP contribution is 2.12. The molecule has 0 unspecified atom stereocenters. The number of nitrogens with two attached hydrogens (primary N) is 1. The minimum absolute atomic E-state index is 0.0184. The molecule has 17 heavy (non-hydrogen) atoms. The number of anilines is 1. The molecule has 1 amide bonds. The van der Waals surface area contributed by atoms with Gasteiger partial charge in [0.25, 0.3) is 0 Å². The van der Waals surface area contributed by atoms with E-state index in [1.807, 2.05) is 45.0 Å². The van der Waals surface area contributed by atoms with Gasteiger partial charge in [-0.25, -0.2) is 0 Å². The van der Waals surface area contributed by atoms with Crippen molar-refractivity contribution >= 4 is 23.4 Å². The molecule has 1 rings (SSSR count). The summed E-state index contributed by atoms with van der Waals surface area (Å²) in [7, 11) is 0. The highest BCUT2D eigenvalue weighted by atomic mass is 32.2. The van der Waals surface area contributed by atoms with Gasteiger partial charge in [0.15, 0.2) is 0 Å². The second-order valence-corrected chi connectivity index (χ2v) is 5.88. The first kappa shape index (κ1) is 14.1. The predicted octanol–water partition coefficient (Wildman–Crippen LogP) is 2.40. The summed E-state index contributed by atoms with van der Waals surface area (Å²) in [6.45, 7) is 5.91. The Morgan fingerprint density at radius 1 is 1.47 bits per heavy atom. The second-order valence-electron chi connectivity index (χ2n) is 4.90. The van der Waals surface area contributed by atoms with Crippen LogP contribution in [-0.4, -0.2) is 23.0 Å². The average Bonchev–Trinajstić information content (AvgIpc) is 2.15. The van der Waals surface area contributed by atoms with Crippen molar-refractivity contribution in [2.75, 3.05) is 16.8 Å². The maximum absolute atomic E-state index is 11.6. The van der Waals surface area contributed by atoms with Gasteiger partial charge < -0.3 is 11.1 Å². The second kappa shape index (κ2) is 6.07. The molecule has 1 aromatic carbocycles. The lowest BCUT2D eigenvalue weighted by Gasteiger charge is -2.17. The number of thioether (sulfide) groups is 1. The van der Waals surface area contributed by atoms with Crippen LogP contribution in [0.3, 0.4) is 0 Å². The molecule has 0 aliphatic rings. The number of hydrogen-bond donors (Lipinski definition) is 2. The molecule has 0 fully saturated rings. The Bertz CT molecular complexity index is 385. The third kappa shape index (κ3) is 6.34. The smallest absolute Gasteiger partial charge is 0.234 e.